The van der Waals surface area contributed by atoms with Gasteiger partial charge in [-0.2, -0.15) is 0 Å². The van der Waals surface area contributed by atoms with Crippen molar-refractivity contribution in [3.05, 3.63) is 108 Å². The lowest BCUT2D eigenvalue weighted by Gasteiger charge is -2.18. The van der Waals surface area contributed by atoms with Crippen LogP contribution in [0.2, 0.25) is 0 Å². The van der Waals surface area contributed by atoms with Crippen LogP contribution in [0.1, 0.15) is 11.1 Å². The molecule has 0 aromatic heterocycles. The molecule has 0 saturated carbocycles. The highest BCUT2D eigenvalue weighted by atomic mass is 16.2. The lowest BCUT2D eigenvalue weighted by molar-refractivity contribution is -0.120. The van der Waals surface area contributed by atoms with E-state index in [-0.39, 0.29) is 17.5 Å². The predicted octanol–water partition coefficient (Wildman–Crippen LogP) is 5.61. The average Bonchev–Trinajstić information content (AvgIpc) is 3.08. The normalized spacial score (nSPS) is 13.7. The molecule has 5 heteroatoms. The van der Waals surface area contributed by atoms with Gasteiger partial charge in [-0.05, 0) is 48.2 Å². The monoisotopic (exact) mass is 447 g/mol. The molecular weight excluding hydrogens is 422 g/mol. The summed E-state index contributed by atoms with van der Waals surface area (Å²) in [5.74, 6) is -0.703. The largest absolute Gasteiger partial charge is 0.378 e. The standard InChI is InChI=1S/C29H25N3O2/c1-19-11-13-21(14-12-19)26-27(30-22-15-17-23(18-16-22)31(2)3)29(34)32(28(26)33)25-10-6-8-20-7-4-5-9-24(20)25/h4-18,30H,1-3H3. The fourth-order valence-corrected chi connectivity index (χ4v) is 4.24. The maximum absolute atomic E-state index is 13.8. The molecule has 34 heavy (non-hydrogen) atoms. The number of hydrogen-bond donors (Lipinski definition) is 1. The first-order valence-electron chi connectivity index (χ1n) is 11.2. The lowest BCUT2D eigenvalue weighted by atomic mass is 10.0. The molecule has 0 unspecified atom stereocenters. The summed E-state index contributed by atoms with van der Waals surface area (Å²) in [5, 5.41) is 5.07. The third kappa shape index (κ3) is 3.71. The van der Waals surface area contributed by atoms with Crippen molar-refractivity contribution in [1.29, 1.82) is 0 Å². The molecule has 1 aliphatic rings. The summed E-state index contributed by atoms with van der Waals surface area (Å²) < 4.78 is 0. The molecule has 0 atom stereocenters. The smallest absolute Gasteiger partial charge is 0.282 e. The number of carbonyl (C=O) groups is 2. The number of imide groups is 1. The van der Waals surface area contributed by atoms with Gasteiger partial charge in [0.1, 0.15) is 5.70 Å². The van der Waals surface area contributed by atoms with E-state index in [4.69, 9.17) is 0 Å². The van der Waals surface area contributed by atoms with E-state index < -0.39 is 0 Å². The summed E-state index contributed by atoms with van der Waals surface area (Å²) in [5.41, 5.74) is 4.81. The Morgan fingerprint density at radius 2 is 1.41 bits per heavy atom. The molecule has 1 N–H and O–H groups in total. The van der Waals surface area contributed by atoms with Gasteiger partial charge in [0, 0.05) is 30.9 Å². The van der Waals surface area contributed by atoms with Crippen LogP contribution in [0.4, 0.5) is 17.1 Å². The number of amides is 2. The van der Waals surface area contributed by atoms with Gasteiger partial charge in [0.25, 0.3) is 11.8 Å². The third-order valence-electron chi connectivity index (χ3n) is 6.08. The van der Waals surface area contributed by atoms with E-state index in [1.165, 1.54) is 4.90 Å². The Kier molecular flexibility index (Phi) is 5.38. The van der Waals surface area contributed by atoms with Crippen molar-refractivity contribution in [1.82, 2.24) is 0 Å². The zero-order chi connectivity index (χ0) is 23.8. The summed E-state index contributed by atoms with van der Waals surface area (Å²) >= 11 is 0. The van der Waals surface area contributed by atoms with E-state index in [0.717, 1.165) is 27.7 Å². The van der Waals surface area contributed by atoms with E-state index in [1.54, 1.807) is 0 Å². The zero-order valence-corrected chi connectivity index (χ0v) is 19.4. The number of benzene rings is 4. The number of fused-ring (bicyclic) bond motifs is 1. The zero-order valence-electron chi connectivity index (χ0n) is 19.4. The van der Waals surface area contributed by atoms with E-state index in [2.05, 4.69) is 5.32 Å². The van der Waals surface area contributed by atoms with Gasteiger partial charge in [-0.3, -0.25) is 9.59 Å². The Balaban J connectivity index is 1.62. The number of nitrogens with one attached hydrogen (secondary N) is 1. The Labute approximate surface area is 198 Å². The highest BCUT2D eigenvalue weighted by Gasteiger charge is 2.40. The minimum Gasteiger partial charge on any atom is -0.378 e. The van der Waals surface area contributed by atoms with Crippen molar-refractivity contribution >= 4 is 45.2 Å². The van der Waals surface area contributed by atoms with E-state index in [0.29, 0.717) is 16.8 Å². The van der Waals surface area contributed by atoms with Crippen molar-refractivity contribution in [3.8, 4) is 0 Å². The van der Waals surface area contributed by atoms with Crippen molar-refractivity contribution in [2.45, 2.75) is 6.92 Å². The molecule has 0 aliphatic carbocycles. The number of rotatable bonds is 5. The number of carbonyl (C=O) groups excluding carboxylic acids is 2. The van der Waals surface area contributed by atoms with Gasteiger partial charge in [-0.1, -0.05) is 66.2 Å². The van der Waals surface area contributed by atoms with Crippen LogP contribution in [0.15, 0.2) is 96.7 Å². The summed E-state index contributed by atoms with van der Waals surface area (Å²) in [4.78, 5) is 30.8. The molecule has 4 aromatic rings. The van der Waals surface area contributed by atoms with Gasteiger partial charge in [0.2, 0.25) is 0 Å². The first-order valence-corrected chi connectivity index (χ1v) is 11.2. The highest BCUT2D eigenvalue weighted by Crippen LogP contribution is 2.37. The second-order valence-electron chi connectivity index (χ2n) is 8.63. The summed E-state index contributed by atoms with van der Waals surface area (Å²) in [6, 6.07) is 28.9. The summed E-state index contributed by atoms with van der Waals surface area (Å²) in [6.07, 6.45) is 0. The fraction of sp³-hybridized carbons (Fsp3) is 0.103. The molecule has 0 saturated heterocycles. The molecule has 0 spiro atoms. The van der Waals surface area contributed by atoms with Crippen molar-refractivity contribution in [2.75, 3.05) is 29.2 Å². The molecule has 2 amide bonds. The Bertz CT molecular complexity index is 1430. The molecule has 5 nitrogen and oxygen atoms in total. The number of hydrogen-bond acceptors (Lipinski definition) is 4. The molecule has 0 bridgehead atoms. The van der Waals surface area contributed by atoms with Gasteiger partial charge >= 0.3 is 0 Å². The average molecular weight is 448 g/mol. The second-order valence-corrected chi connectivity index (χ2v) is 8.63. The molecular formula is C29H25N3O2. The Morgan fingerprint density at radius 3 is 2.12 bits per heavy atom. The van der Waals surface area contributed by atoms with Crippen LogP contribution in [0.3, 0.4) is 0 Å². The predicted molar refractivity (Wildman–Crippen MR) is 139 cm³/mol. The molecule has 168 valence electrons. The molecule has 1 aliphatic heterocycles. The van der Waals surface area contributed by atoms with Crippen LogP contribution in [0.5, 0.6) is 0 Å². The first-order chi connectivity index (χ1) is 16.4. The number of nitrogens with zero attached hydrogens (tertiary/aromatic N) is 2. The van der Waals surface area contributed by atoms with Crippen LogP contribution < -0.4 is 15.1 Å². The van der Waals surface area contributed by atoms with Gasteiger partial charge in [0.15, 0.2) is 0 Å². The van der Waals surface area contributed by atoms with Gasteiger partial charge < -0.3 is 10.2 Å². The maximum Gasteiger partial charge on any atom is 0.282 e. The van der Waals surface area contributed by atoms with E-state index in [9.17, 15) is 9.59 Å². The first kappa shape index (κ1) is 21.5. The fourth-order valence-electron chi connectivity index (χ4n) is 4.24. The Morgan fingerprint density at radius 1 is 0.735 bits per heavy atom. The molecule has 0 fully saturated rings. The minimum atomic E-state index is -0.367. The lowest BCUT2D eigenvalue weighted by Crippen LogP contribution is -2.32. The number of aryl methyl sites for hydroxylation is 1. The summed E-state index contributed by atoms with van der Waals surface area (Å²) in [6.45, 7) is 1.99. The maximum atomic E-state index is 13.8. The van der Waals surface area contributed by atoms with Gasteiger partial charge in [-0.25, -0.2) is 4.90 Å². The number of anilines is 3. The van der Waals surface area contributed by atoms with Crippen LogP contribution >= 0.6 is 0 Å². The third-order valence-corrected chi connectivity index (χ3v) is 6.08. The van der Waals surface area contributed by atoms with Crippen LogP contribution in [-0.4, -0.2) is 25.9 Å². The Hall–Kier alpha value is -4.38. The highest BCUT2D eigenvalue weighted by molar-refractivity contribution is 6.47. The van der Waals surface area contributed by atoms with E-state index in [1.807, 2.05) is 117 Å². The van der Waals surface area contributed by atoms with Crippen LogP contribution in [0.25, 0.3) is 16.3 Å². The molecule has 0 radical (unpaired) electrons. The van der Waals surface area contributed by atoms with Crippen molar-refractivity contribution in [2.24, 2.45) is 0 Å². The summed E-state index contributed by atoms with van der Waals surface area (Å²) in [7, 11) is 3.95. The van der Waals surface area contributed by atoms with Crippen LogP contribution in [0, 0.1) is 6.92 Å². The van der Waals surface area contributed by atoms with E-state index >= 15 is 0 Å². The molecule has 1 heterocycles. The van der Waals surface area contributed by atoms with Crippen molar-refractivity contribution < 1.29 is 9.59 Å². The van der Waals surface area contributed by atoms with Crippen molar-refractivity contribution in [3.63, 3.8) is 0 Å². The molecule has 4 aromatic carbocycles. The van der Waals surface area contributed by atoms with Crippen LogP contribution in [-0.2, 0) is 9.59 Å². The second kappa shape index (κ2) is 8.52. The quantitative estimate of drug-likeness (QED) is 0.404. The van der Waals surface area contributed by atoms with Gasteiger partial charge in [-0.15, -0.1) is 0 Å². The molecule has 5 rings (SSSR count). The van der Waals surface area contributed by atoms with Gasteiger partial charge in [0.05, 0.1) is 11.3 Å². The SMILES string of the molecule is Cc1ccc(C2=C(Nc3ccc(N(C)C)cc3)C(=O)N(c3cccc4ccccc34)C2=O)cc1. The minimum absolute atomic E-state index is 0.277. The topological polar surface area (TPSA) is 52.7 Å².